The van der Waals surface area contributed by atoms with E-state index in [1.165, 1.54) is 13.2 Å². The number of pyridine rings is 1. The summed E-state index contributed by atoms with van der Waals surface area (Å²) in [4.78, 5) is 14.8. The Kier molecular flexibility index (Phi) is 4.54. The number of carbonyl (C=O) groups is 1. The number of alkyl halides is 2. The first-order valence-corrected chi connectivity index (χ1v) is 5.35. The minimum Gasteiger partial charge on any atom is -0.464 e. The molecule has 7 heteroatoms. The van der Waals surface area contributed by atoms with Crippen molar-refractivity contribution in [2.75, 3.05) is 7.11 Å². The number of rotatable bonds is 3. The zero-order valence-corrected chi connectivity index (χ0v) is 10.5. The second-order valence-corrected chi connectivity index (χ2v) is 4.02. The Morgan fingerprint density at radius 1 is 1.69 bits per heavy atom. The molecule has 0 radical (unpaired) electrons. The van der Waals surface area contributed by atoms with E-state index in [1.54, 1.807) is 0 Å². The Morgan fingerprint density at radius 2 is 2.31 bits per heavy atom. The molecular weight excluding hydrogens is 333 g/mol. The maximum atomic E-state index is 12.6. The van der Waals surface area contributed by atoms with E-state index in [0.29, 0.717) is 3.57 Å². The number of hydrogen-bond acceptors (Lipinski definition) is 4. The molecule has 0 bridgehead atoms. The van der Waals surface area contributed by atoms with Gasteiger partial charge in [0, 0.05) is 10.1 Å². The van der Waals surface area contributed by atoms with Gasteiger partial charge in [0.2, 0.25) is 0 Å². The first kappa shape index (κ1) is 13.2. The van der Waals surface area contributed by atoms with Gasteiger partial charge in [0.05, 0.1) is 7.11 Å². The molecule has 0 saturated heterocycles. The van der Waals surface area contributed by atoms with Crippen LogP contribution in [0.5, 0.6) is 0 Å². The van der Waals surface area contributed by atoms with Crippen LogP contribution in [0.3, 0.4) is 0 Å². The molecule has 0 atom stereocenters. The van der Waals surface area contributed by atoms with Crippen LogP contribution >= 0.6 is 22.6 Å². The fraction of sp³-hybridized carbons (Fsp3) is 0.333. The number of aromatic nitrogens is 1. The van der Waals surface area contributed by atoms with Crippen LogP contribution in [-0.4, -0.2) is 18.1 Å². The van der Waals surface area contributed by atoms with Gasteiger partial charge in [-0.3, -0.25) is 0 Å². The molecule has 0 aliphatic carbocycles. The highest BCUT2D eigenvalue weighted by Crippen LogP contribution is 2.24. The Labute approximate surface area is 104 Å². The Hall–Kier alpha value is -0.830. The van der Waals surface area contributed by atoms with Gasteiger partial charge in [-0.05, 0) is 34.2 Å². The minimum absolute atomic E-state index is 0.0515. The molecular formula is C9H9F2IN2O2. The third kappa shape index (κ3) is 2.64. The lowest BCUT2D eigenvalue weighted by molar-refractivity contribution is 0.0591. The number of ether oxygens (including phenoxy) is 1. The summed E-state index contributed by atoms with van der Waals surface area (Å²) < 4.78 is 30.1. The first-order valence-electron chi connectivity index (χ1n) is 4.27. The van der Waals surface area contributed by atoms with Crippen LogP contribution < -0.4 is 5.73 Å². The van der Waals surface area contributed by atoms with Gasteiger partial charge in [-0.25, -0.2) is 18.6 Å². The molecule has 0 amide bonds. The second-order valence-electron chi connectivity index (χ2n) is 2.86. The zero-order chi connectivity index (χ0) is 12.3. The highest BCUT2D eigenvalue weighted by atomic mass is 127. The fourth-order valence-electron chi connectivity index (χ4n) is 1.13. The van der Waals surface area contributed by atoms with Gasteiger partial charge in [0.15, 0.2) is 5.69 Å². The fourth-order valence-corrected chi connectivity index (χ4v) is 1.85. The van der Waals surface area contributed by atoms with Crippen LogP contribution in [0.25, 0.3) is 0 Å². The van der Waals surface area contributed by atoms with E-state index in [4.69, 9.17) is 5.73 Å². The van der Waals surface area contributed by atoms with Gasteiger partial charge < -0.3 is 10.5 Å². The van der Waals surface area contributed by atoms with Crippen LogP contribution in [0.4, 0.5) is 8.78 Å². The van der Waals surface area contributed by atoms with E-state index < -0.39 is 18.1 Å². The lowest BCUT2D eigenvalue weighted by Gasteiger charge is -2.09. The maximum Gasteiger partial charge on any atom is 0.357 e. The predicted molar refractivity (Wildman–Crippen MR) is 61.1 cm³/mol. The average molecular weight is 342 g/mol. The largest absolute Gasteiger partial charge is 0.464 e. The lowest BCUT2D eigenvalue weighted by Crippen LogP contribution is -2.13. The molecule has 0 aromatic carbocycles. The number of methoxy groups -OCH3 is 1. The summed E-state index contributed by atoms with van der Waals surface area (Å²) in [6.07, 6.45) is -2.76. The molecule has 1 heterocycles. The average Bonchev–Trinajstić information content (AvgIpc) is 2.27. The quantitative estimate of drug-likeness (QED) is 0.673. The van der Waals surface area contributed by atoms with Crippen molar-refractivity contribution in [3.63, 3.8) is 0 Å². The zero-order valence-electron chi connectivity index (χ0n) is 8.34. The van der Waals surface area contributed by atoms with Crippen molar-refractivity contribution in [2.24, 2.45) is 5.73 Å². The van der Waals surface area contributed by atoms with Gasteiger partial charge in [-0.15, -0.1) is 0 Å². The molecule has 16 heavy (non-hydrogen) atoms. The summed E-state index contributed by atoms with van der Waals surface area (Å²) >= 11 is 1.82. The molecule has 88 valence electrons. The van der Waals surface area contributed by atoms with E-state index >= 15 is 0 Å². The van der Waals surface area contributed by atoms with Gasteiger partial charge in [0.1, 0.15) is 5.69 Å². The molecule has 0 aliphatic heterocycles. The van der Waals surface area contributed by atoms with Gasteiger partial charge >= 0.3 is 5.97 Å². The monoisotopic (exact) mass is 342 g/mol. The summed E-state index contributed by atoms with van der Waals surface area (Å²) in [6, 6.07) is 1.42. The molecule has 0 unspecified atom stereocenters. The predicted octanol–water partition coefficient (Wildman–Crippen LogP) is 1.87. The SMILES string of the molecule is COC(=O)c1nc(C(F)F)c(CN)cc1I. The number of nitrogens with zero attached hydrogens (tertiary/aromatic N) is 1. The Balaban J connectivity index is 3.33. The maximum absolute atomic E-state index is 12.6. The molecule has 0 spiro atoms. The highest BCUT2D eigenvalue weighted by molar-refractivity contribution is 14.1. The van der Waals surface area contributed by atoms with E-state index in [9.17, 15) is 13.6 Å². The van der Waals surface area contributed by atoms with Gasteiger partial charge in [-0.1, -0.05) is 0 Å². The smallest absolute Gasteiger partial charge is 0.357 e. The van der Waals surface area contributed by atoms with Crippen LogP contribution in [0, 0.1) is 3.57 Å². The van der Waals surface area contributed by atoms with Crippen molar-refractivity contribution >= 4 is 28.6 Å². The molecule has 1 rings (SSSR count). The summed E-state index contributed by atoms with van der Waals surface area (Å²) in [5, 5.41) is 0. The molecule has 2 N–H and O–H groups in total. The van der Waals surface area contributed by atoms with Crippen molar-refractivity contribution < 1.29 is 18.3 Å². The molecule has 0 saturated carbocycles. The van der Waals surface area contributed by atoms with Crippen LogP contribution in [0.2, 0.25) is 0 Å². The highest BCUT2D eigenvalue weighted by Gasteiger charge is 2.20. The number of nitrogens with two attached hydrogens (primary N) is 1. The molecule has 4 nitrogen and oxygen atoms in total. The van der Waals surface area contributed by atoms with Crippen molar-refractivity contribution in [3.05, 3.63) is 26.6 Å². The van der Waals surface area contributed by atoms with Crippen molar-refractivity contribution in [2.45, 2.75) is 13.0 Å². The van der Waals surface area contributed by atoms with Crippen LogP contribution in [-0.2, 0) is 11.3 Å². The summed E-state index contributed by atoms with van der Waals surface area (Å²) in [5.41, 5.74) is 4.97. The summed E-state index contributed by atoms with van der Waals surface area (Å²) in [5.74, 6) is -0.741. The van der Waals surface area contributed by atoms with Gasteiger partial charge in [-0.2, -0.15) is 0 Å². The van der Waals surface area contributed by atoms with Crippen molar-refractivity contribution in [3.8, 4) is 0 Å². The van der Waals surface area contributed by atoms with E-state index in [1.807, 2.05) is 22.6 Å². The third-order valence-corrected chi connectivity index (χ3v) is 2.72. The van der Waals surface area contributed by atoms with Crippen LogP contribution in [0.1, 0.15) is 28.2 Å². The second kappa shape index (κ2) is 5.48. The van der Waals surface area contributed by atoms with Crippen LogP contribution in [0.15, 0.2) is 6.07 Å². The van der Waals surface area contributed by atoms with E-state index in [2.05, 4.69) is 9.72 Å². The van der Waals surface area contributed by atoms with Crippen molar-refractivity contribution in [1.29, 1.82) is 0 Å². The number of hydrogen-bond donors (Lipinski definition) is 1. The molecule has 0 fully saturated rings. The van der Waals surface area contributed by atoms with Crippen molar-refractivity contribution in [1.82, 2.24) is 4.98 Å². The number of carbonyl (C=O) groups excluding carboxylic acids is 1. The first-order chi connectivity index (χ1) is 7.51. The van der Waals surface area contributed by atoms with E-state index in [-0.39, 0.29) is 17.8 Å². The summed E-state index contributed by atoms with van der Waals surface area (Å²) in [7, 11) is 1.17. The van der Waals surface area contributed by atoms with E-state index in [0.717, 1.165) is 0 Å². The third-order valence-electron chi connectivity index (χ3n) is 1.89. The number of halogens is 3. The normalized spacial score (nSPS) is 10.6. The summed E-state index contributed by atoms with van der Waals surface area (Å²) in [6.45, 7) is -0.0515. The topological polar surface area (TPSA) is 65.2 Å². The number of esters is 1. The molecule has 1 aromatic rings. The molecule has 1 aromatic heterocycles. The Bertz CT molecular complexity index is 413. The van der Waals surface area contributed by atoms with Gasteiger partial charge in [0.25, 0.3) is 6.43 Å². The lowest BCUT2D eigenvalue weighted by atomic mass is 10.1. The minimum atomic E-state index is -2.76. The molecule has 0 aliphatic rings. The standard InChI is InChI=1S/C9H9F2IN2O2/c1-16-9(15)7-5(12)2-4(3-13)6(14-7)8(10)11/h2,8H,3,13H2,1H3. The Morgan fingerprint density at radius 3 is 2.75 bits per heavy atom.